The summed E-state index contributed by atoms with van der Waals surface area (Å²) in [4.78, 5) is 17.3. The molecule has 0 saturated carbocycles. The minimum atomic E-state index is -0.608. The van der Waals surface area contributed by atoms with Gasteiger partial charge in [-0.3, -0.25) is 10.2 Å². The Bertz CT molecular complexity index is 1040. The van der Waals surface area contributed by atoms with Gasteiger partial charge in [0.25, 0.3) is 0 Å². The average Bonchev–Trinajstić information content (AvgIpc) is 3.33. The van der Waals surface area contributed by atoms with Crippen LogP contribution < -0.4 is 0 Å². The topological polar surface area (TPSA) is 67.0 Å². The molecule has 0 radical (unpaired) electrons. The van der Waals surface area contributed by atoms with Crippen LogP contribution in [0.1, 0.15) is 16.7 Å². The number of nitrogens with zero attached hydrogens (tertiary/aromatic N) is 1. The van der Waals surface area contributed by atoms with Gasteiger partial charge in [-0.05, 0) is 30.3 Å². The number of benzene rings is 1. The van der Waals surface area contributed by atoms with E-state index in [1.807, 2.05) is 6.07 Å². The molecule has 26 heavy (non-hydrogen) atoms. The van der Waals surface area contributed by atoms with E-state index in [4.69, 9.17) is 33.0 Å². The van der Waals surface area contributed by atoms with Crippen molar-refractivity contribution in [2.75, 3.05) is 0 Å². The van der Waals surface area contributed by atoms with E-state index in [1.165, 1.54) is 11.3 Å². The van der Waals surface area contributed by atoms with Gasteiger partial charge in [-0.25, -0.2) is 4.98 Å². The summed E-state index contributed by atoms with van der Waals surface area (Å²) in [6.07, 6.45) is 3.29. The van der Waals surface area contributed by atoms with Crippen LogP contribution in [-0.2, 0) is 4.79 Å². The van der Waals surface area contributed by atoms with Crippen molar-refractivity contribution in [2.24, 2.45) is 0 Å². The highest BCUT2D eigenvalue weighted by Gasteiger charge is 2.38. The Hall–Kier alpha value is -1.86. The number of allylic oxidation sites excluding steroid dienone is 1. The number of rotatable bonds is 3. The number of furan rings is 1. The van der Waals surface area contributed by atoms with Crippen LogP contribution in [0.2, 0.25) is 10.0 Å². The summed E-state index contributed by atoms with van der Waals surface area (Å²) in [5, 5.41) is 11.7. The number of thioether (sulfide) groups is 1. The van der Waals surface area contributed by atoms with Crippen molar-refractivity contribution >= 4 is 63.2 Å². The molecule has 4 rings (SSSR count). The molecule has 3 aromatic rings. The molecule has 0 bridgehead atoms. The van der Waals surface area contributed by atoms with Crippen molar-refractivity contribution < 1.29 is 9.21 Å². The van der Waals surface area contributed by atoms with E-state index >= 15 is 0 Å². The highest BCUT2D eigenvalue weighted by Crippen LogP contribution is 2.42. The van der Waals surface area contributed by atoms with Gasteiger partial charge in [0.05, 0.1) is 20.0 Å². The van der Waals surface area contributed by atoms with Gasteiger partial charge in [-0.2, -0.15) is 0 Å². The van der Waals surface area contributed by atoms with Gasteiger partial charge in [0.2, 0.25) is 0 Å². The summed E-state index contributed by atoms with van der Waals surface area (Å²) in [5.74, 6) is 0.336. The predicted octanol–water partition coefficient (Wildman–Crippen LogP) is 6.13. The van der Waals surface area contributed by atoms with Gasteiger partial charge < -0.3 is 4.42 Å². The fraction of sp³-hybridized carbons (Fsp3) is 0.0556. The molecule has 4 nitrogen and oxygen atoms in total. The molecular formula is C18H10Cl2N2O2S2. The number of carbonyl (C=O) groups excluding carboxylic acids is 1. The van der Waals surface area contributed by atoms with Crippen LogP contribution in [0, 0.1) is 5.41 Å². The van der Waals surface area contributed by atoms with Crippen molar-refractivity contribution in [2.45, 2.75) is 5.92 Å². The second-order valence-corrected chi connectivity index (χ2v) is 8.24. The fourth-order valence-corrected chi connectivity index (χ4v) is 4.77. The van der Waals surface area contributed by atoms with Crippen LogP contribution in [0.25, 0.3) is 17.4 Å². The number of aromatic nitrogens is 1. The number of hydrogen-bond acceptors (Lipinski definition) is 6. The summed E-state index contributed by atoms with van der Waals surface area (Å²) in [5.41, 5.74) is 0.683. The second-order valence-electron chi connectivity index (χ2n) is 5.45. The lowest BCUT2D eigenvalue weighted by atomic mass is 10.1. The van der Waals surface area contributed by atoms with Crippen molar-refractivity contribution in [1.82, 2.24) is 4.98 Å². The maximum atomic E-state index is 12.7. The van der Waals surface area contributed by atoms with Crippen molar-refractivity contribution in [3.05, 3.63) is 67.6 Å². The van der Waals surface area contributed by atoms with Crippen LogP contribution in [0.3, 0.4) is 0 Å². The zero-order valence-corrected chi connectivity index (χ0v) is 16.2. The first kappa shape index (κ1) is 17.5. The van der Waals surface area contributed by atoms with E-state index in [2.05, 4.69) is 4.98 Å². The molecule has 130 valence electrons. The maximum absolute atomic E-state index is 12.7. The van der Waals surface area contributed by atoms with Gasteiger partial charge in [-0.1, -0.05) is 41.0 Å². The Balaban J connectivity index is 1.64. The SMILES string of the molecule is N=C1SC(=Cc2ccc(-c3cccc(Cl)c3Cl)o2)C(=O)C1c1nccs1. The zero-order chi connectivity index (χ0) is 18.3. The van der Waals surface area contributed by atoms with E-state index < -0.39 is 5.92 Å². The van der Waals surface area contributed by atoms with Gasteiger partial charge in [0, 0.05) is 17.1 Å². The molecule has 1 saturated heterocycles. The molecule has 1 N–H and O–H groups in total. The number of hydrogen-bond donors (Lipinski definition) is 1. The summed E-state index contributed by atoms with van der Waals surface area (Å²) in [7, 11) is 0. The number of halogens is 2. The Morgan fingerprint density at radius 2 is 2.08 bits per heavy atom. The first-order valence-electron chi connectivity index (χ1n) is 7.50. The Labute approximate surface area is 167 Å². The van der Waals surface area contributed by atoms with Crippen LogP contribution in [0.15, 0.2) is 51.2 Å². The van der Waals surface area contributed by atoms with Crippen LogP contribution in [-0.4, -0.2) is 15.8 Å². The zero-order valence-electron chi connectivity index (χ0n) is 13.0. The molecule has 1 aromatic carbocycles. The fourth-order valence-electron chi connectivity index (χ4n) is 2.59. The minimum absolute atomic E-state index is 0.131. The maximum Gasteiger partial charge on any atom is 0.186 e. The standard InChI is InChI=1S/C18H10Cl2N2O2S2/c19-11-3-1-2-10(15(11)20)12-5-4-9(24-12)8-13-16(23)14(17(21)26-13)18-22-6-7-25-18/h1-8,14,21H. The number of nitrogens with one attached hydrogen (secondary N) is 1. The van der Waals surface area contributed by atoms with Crippen molar-refractivity contribution in [3.8, 4) is 11.3 Å². The Morgan fingerprint density at radius 3 is 2.85 bits per heavy atom. The van der Waals surface area contributed by atoms with E-state index in [0.717, 1.165) is 11.8 Å². The number of carbonyl (C=O) groups is 1. The number of ketones is 1. The molecule has 0 amide bonds. The highest BCUT2D eigenvalue weighted by molar-refractivity contribution is 8.19. The van der Waals surface area contributed by atoms with Crippen LogP contribution in [0.4, 0.5) is 0 Å². The summed E-state index contributed by atoms with van der Waals surface area (Å²) >= 11 is 14.8. The third-order valence-corrected chi connectivity index (χ3v) is 6.46. The molecule has 0 aliphatic carbocycles. The third kappa shape index (κ3) is 3.14. The molecule has 1 unspecified atom stereocenters. The van der Waals surface area contributed by atoms with Crippen molar-refractivity contribution in [3.63, 3.8) is 0 Å². The smallest absolute Gasteiger partial charge is 0.186 e. The first-order valence-corrected chi connectivity index (χ1v) is 9.95. The molecule has 1 atom stereocenters. The molecule has 0 spiro atoms. The average molecular weight is 421 g/mol. The summed E-state index contributed by atoms with van der Waals surface area (Å²) in [6, 6.07) is 8.84. The van der Waals surface area contributed by atoms with Gasteiger partial charge >= 0.3 is 0 Å². The molecule has 1 aliphatic rings. The first-order chi connectivity index (χ1) is 12.5. The molecule has 3 heterocycles. The normalized spacial score (nSPS) is 18.8. The van der Waals surface area contributed by atoms with E-state index in [-0.39, 0.29) is 10.8 Å². The highest BCUT2D eigenvalue weighted by atomic mass is 35.5. The lowest BCUT2D eigenvalue weighted by Crippen LogP contribution is -2.11. The predicted molar refractivity (Wildman–Crippen MR) is 107 cm³/mol. The van der Waals surface area contributed by atoms with Gasteiger partial charge in [-0.15, -0.1) is 11.3 Å². The van der Waals surface area contributed by atoms with E-state index in [1.54, 1.807) is 41.9 Å². The van der Waals surface area contributed by atoms with Crippen LogP contribution >= 0.6 is 46.3 Å². The second kappa shape index (κ2) is 7.04. The quantitative estimate of drug-likeness (QED) is 0.517. The Kier molecular flexibility index (Phi) is 4.75. The largest absolute Gasteiger partial charge is 0.457 e. The lowest BCUT2D eigenvalue weighted by molar-refractivity contribution is -0.114. The lowest BCUT2D eigenvalue weighted by Gasteiger charge is -2.02. The molecule has 1 aliphatic heterocycles. The molecular weight excluding hydrogens is 411 g/mol. The summed E-state index contributed by atoms with van der Waals surface area (Å²) in [6.45, 7) is 0. The molecule has 2 aromatic heterocycles. The Morgan fingerprint density at radius 1 is 1.23 bits per heavy atom. The molecule has 8 heteroatoms. The van der Waals surface area contributed by atoms with Crippen molar-refractivity contribution in [1.29, 1.82) is 5.41 Å². The third-order valence-electron chi connectivity index (χ3n) is 3.80. The summed E-state index contributed by atoms with van der Waals surface area (Å²) < 4.78 is 5.81. The monoisotopic (exact) mass is 420 g/mol. The minimum Gasteiger partial charge on any atom is -0.457 e. The van der Waals surface area contributed by atoms with Gasteiger partial charge in [0.15, 0.2) is 5.78 Å². The number of Topliss-reactive ketones (excluding diaryl/α,β-unsaturated/α-hetero) is 1. The van der Waals surface area contributed by atoms with Crippen LogP contribution in [0.5, 0.6) is 0 Å². The number of thiazole rings is 1. The van der Waals surface area contributed by atoms with E-state index in [0.29, 0.717) is 37.0 Å². The van der Waals surface area contributed by atoms with E-state index in [9.17, 15) is 4.79 Å². The molecule has 1 fully saturated rings. The van der Waals surface area contributed by atoms with Gasteiger partial charge in [0.1, 0.15) is 22.4 Å².